The molecule has 0 aliphatic rings. The molecule has 4 aromatic rings. The van der Waals surface area contributed by atoms with E-state index in [4.69, 9.17) is 9.72 Å². The van der Waals surface area contributed by atoms with Crippen molar-refractivity contribution in [3.63, 3.8) is 0 Å². The predicted octanol–water partition coefficient (Wildman–Crippen LogP) is 5.57. The normalized spacial score (nSPS) is 11.4. The molecule has 0 spiro atoms. The number of phenols is 1. The van der Waals surface area contributed by atoms with Crippen molar-refractivity contribution >= 4 is 35.0 Å². The van der Waals surface area contributed by atoms with Gasteiger partial charge in [0, 0.05) is 5.39 Å². The Morgan fingerprint density at radius 2 is 1.70 bits per heavy atom. The molecular formula is C25H21N3O2. The molecule has 30 heavy (non-hydrogen) atoms. The highest BCUT2D eigenvalue weighted by Gasteiger charge is 2.06. The van der Waals surface area contributed by atoms with E-state index < -0.39 is 0 Å². The van der Waals surface area contributed by atoms with Crippen LogP contribution in [0.1, 0.15) is 16.8 Å². The van der Waals surface area contributed by atoms with Gasteiger partial charge in [0.05, 0.1) is 30.2 Å². The Hall–Kier alpha value is -4.12. The molecule has 5 nitrogen and oxygen atoms in total. The standard InChI is InChI=1S/C25H21N3O2/c1-30-22-13-14-24-23(16-22)25(28-26-17-19-8-11-21(29)12-9-19)15-20(27-24)10-7-18-5-3-2-4-6-18/h2-17,29H,1H3,(H,27,28)/b10-7?,26-17+. The molecule has 3 aromatic carbocycles. The average molecular weight is 395 g/mol. The highest BCUT2D eigenvalue weighted by molar-refractivity contribution is 5.94. The van der Waals surface area contributed by atoms with E-state index in [0.717, 1.165) is 39.2 Å². The van der Waals surface area contributed by atoms with E-state index in [1.54, 1.807) is 37.6 Å². The average Bonchev–Trinajstić information content (AvgIpc) is 2.79. The molecule has 4 rings (SSSR count). The number of pyridine rings is 1. The zero-order chi connectivity index (χ0) is 20.8. The van der Waals surface area contributed by atoms with Gasteiger partial charge in [-0.05, 0) is 65.7 Å². The summed E-state index contributed by atoms with van der Waals surface area (Å²) in [6.45, 7) is 0. The number of phenolic OH excluding ortho intramolecular Hbond substituents is 1. The molecule has 5 heteroatoms. The molecule has 2 N–H and O–H groups in total. The number of fused-ring (bicyclic) bond motifs is 1. The van der Waals surface area contributed by atoms with E-state index in [9.17, 15) is 5.11 Å². The van der Waals surface area contributed by atoms with E-state index in [2.05, 4.69) is 10.5 Å². The second kappa shape index (κ2) is 8.92. The number of aromatic nitrogens is 1. The van der Waals surface area contributed by atoms with Crippen LogP contribution in [0, 0.1) is 0 Å². The second-order valence-corrected chi connectivity index (χ2v) is 6.68. The molecule has 0 saturated carbocycles. The van der Waals surface area contributed by atoms with Gasteiger partial charge in [0.15, 0.2) is 0 Å². The molecule has 0 amide bonds. The Bertz CT molecular complexity index is 1200. The Balaban J connectivity index is 1.67. The Morgan fingerprint density at radius 3 is 2.47 bits per heavy atom. The van der Waals surface area contributed by atoms with E-state index in [1.165, 1.54) is 0 Å². The van der Waals surface area contributed by atoms with Gasteiger partial charge in [-0.2, -0.15) is 5.10 Å². The van der Waals surface area contributed by atoms with E-state index >= 15 is 0 Å². The van der Waals surface area contributed by atoms with Crippen LogP contribution in [0.4, 0.5) is 5.69 Å². The number of aromatic hydroxyl groups is 1. The second-order valence-electron chi connectivity index (χ2n) is 6.68. The van der Waals surface area contributed by atoms with Crippen LogP contribution in [-0.2, 0) is 0 Å². The number of ether oxygens (including phenoxy) is 1. The van der Waals surface area contributed by atoms with Gasteiger partial charge in [0.25, 0.3) is 0 Å². The lowest BCUT2D eigenvalue weighted by Gasteiger charge is -2.09. The van der Waals surface area contributed by atoms with Crippen molar-refractivity contribution in [3.8, 4) is 11.5 Å². The molecule has 148 valence electrons. The third kappa shape index (κ3) is 4.64. The molecule has 0 unspecified atom stereocenters. The first-order chi connectivity index (χ1) is 14.7. The van der Waals surface area contributed by atoms with Crippen molar-refractivity contribution in [2.75, 3.05) is 12.5 Å². The minimum absolute atomic E-state index is 0.224. The molecule has 1 aromatic heterocycles. The Labute approximate surface area is 175 Å². The topological polar surface area (TPSA) is 66.7 Å². The third-order valence-corrected chi connectivity index (χ3v) is 4.57. The van der Waals surface area contributed by atoms with Crippen LogP contribution in [0.3, 0.4) is 0 Å². The number of methoxy groups -OCH3 is 1. The summed E-state index contributed by atoms with van der Waals surface area (Å²) in [4.78, 5) is 4.74. The number of hydrogen-bond acceptors (Lipinski definition) is 5. The number of rotatable bonds is 6. The van der Waals surface area contributed by atoms with Gasteiger partial charge >= 0.3 is 0 Å². The van der Waals surface area contributed by atoms with E-state index in [1.807, 2.05) is 66.7 Å². The summed E-state index contributed by atoms with van der Waals surface area (Å²) in [5.74, 6) is 0.976. The van der Waals surface area contributed by atoms with Crippen LogP contribution in [0.5, 0.6) is 11.5 Å². The minimum Gasteiger partial charge on any atom is -0.508 e. The van der Waals surface area contributed by atoms with Gasteiger partial charge < -0.3 is 9.84 Å². The number of hydrazone groups is 1. The molecule has 0 aliphatic carbocycles. The van der Waals surface area contributed by atoms with Gasteiger partial charge in [-0.25, -0.2) is 4.98 Å². The van der Waals surface area contributed by atoms with Crippen LogP contribution in [-0.4, -0.2) is 23.4 Å². The van der Waals surface area contributed by atoms with Crippen molar-refractivity contribution in [3.05, 3.63) is 95.7 Å². The lowest BCUT2D eigenvalue weighted by atomic mass is 10.1. The highest BCUT2D eigenvalue weighted by Crippen LogP contribution is 2.28. The number of anilines is 1. The summed E-state index contributed by atoms with van der Waals surface area (Å²) in [6, 6.07) is 24.6. The van der Waals surface area contributed by atoms with Crippen LogP contribution in [0.15, 0.2) is 84.0 Å². The Morgan fingerprint density at radius 1 is 0.900 bits per heavy atom. The van der Waals surface area contributed by atoms with Crippen molar-refractivity contribution in [1.82, 2.24) is 4.98 Å². The SMILES string of the molecule is COc1ccc2nc(C=Cc3ccccc3)cc(N/N=C/c3ccc(O)cc3)c2c1. The highest BCUT2D eigenvalue weighted by atomic mass is 16.5. The number of nitrogens with zero attached hydrogens (tertiary/aromatic N) is 2. The van der Waals surface area contributed by atoms with Gasteiger partial charge in [-0.3, -0.25) is 5.43 Å². The molecule has 0 aliphatic heterocycles. The number of nitrogens with one attached hydrogen (secondary N) is 1. The predicted molar refractivity (Wildman–Crippen MR) is 123 cm³/mol. The molecule has 0 radical (unpaired) electrons. The van der Waals surface area contributed by atoms with Gasteiger partial charge in [0.2, 0.25) is 0 Å². The maximum absolute atomic E-state index is 9.41. The van der Waals surface area contributed by atoms with Crippen LogP contribution in [0.2, 0.25) is 0 Å². The van der Waals surface area contributed by atoms with E-state index in [0.29, 0.717) is 0 Å². The molecule has 0 fully saturated rings. The van der Waals surface area contributed by atoms with Gasteiger partial charge in [0.1, 0.15) is 11.5 Å². The van der Waals surface area contributed by atoms with Crippen LogP contribution >= 0.6 is 0 Å². The fourth-order valence-corrected chi connectivity index (χ4v) is 3.01. The summed E-state index contributed by atoms with van der Waals surface area (Å²) in [7, 11) is 1.64. The molecule has 0 bridgehead atoms. The summed E-state index contributed by atoms with van der Waals surface area (Å²) >= 11 is 0. The molecular weight excluding hydrogens is 374 g/mol. The quantitative estimate of drug-likeness (QED) is 0.331. The van der Waals surface area contributed by atoms with Gasteiger partial charge in [-0.15, -0.1) is 0 Å². The zero-order valence-corrected chi connectivity index (χ0v) is 16.5. The van der Waals surface area contributed by atoms with Crippen molar-refractivity contribution in [2.24, 2.45) is 5.10 Å². The molecule has 0 saturated heterocycles. The lowest BCUT2D eigenvalue weighted by molar-refractivity contribution is 0.415. The maximum atomic E-state index is 9.41. The van der Waals surface area contributed by atoms with Crippen LogP contribution < -0.4 is 10.2 Å². The monoisotopic (exact) mass is 395 g/mol. The fourth-order valence-electron chi connectivity index (χ4n) is 3.01. The van der Waals surface area contributed by atoms with E-state index in [-0.39, 0.29) is 5.75 Å². The van der Waals surface area contributed by atoms with Crippen molar-refractivity contribution in [1.29, 1.82) is 0 Å². The first-order valence-electron chi connectivity index (χ1n) is 9.51. The summed E-state index contributed by atoms with van der Waals surface area (Å²) < 4.78 is 5.37. The summed E-state index contributed by atoms with van der Waals surface area (Å²) in [6.07, 6.45) is 5.71. The first kappa shape index (κ1) is 19.2. The third-order valence-electron chi connectivity index (χ3n) is 4.57. The smallest absolute Gasteiger partial charge is 0.119 e. The molecule has 0 atom stereocenters. The lowest BCUT2D eigenvalue weighted by Crippen LogP contribution is -1.95. The van der Waals surface area contributed by atoms with Crippen molar-refractivity contribution in [2.45, 2.75) is 0 Å². The number of benzene rings is 3. The zero-order valence-electron chi connectivity index (χ0n) is 16.5. The van der Waals surface area contributed by atoms with Crippen LogP contribution in [0.25, 0.3) is 23.1 Å². The summed E-state index contributed by atoms with van der Waals surface area (Å²) in [5.41, 5.74) is 7.58. The Kier molecular flexibility index (Phi) is 5.71. The number of hydrogen-bond donors (Lipinski definition) is 2. The first-order valence-corrected chi connectivity index (χ1v) is 9.51. The maximum Gasteiger partial charge on any atom is 0.119 e. The summed E-state index contributed by atoms with van der Waals surface area (Å²) in [5, 5.41) is 14.7. The largest absolute Gasteiger partial charge is 0.508 e. The fraction of sp³-hybridized carbons (Fsp3) is 0.0400. The molecule has 1 heterocycles. The van der Waals surface area contributed by atoms with Crippen molar-refractivity contribution < 1.29 is 9.84 Å². The minimum atomic E-state index is 0.224. The van der Waals surface area contributed by atoms with Gasteiger partial charge in [-0.1, -0.05) is 36.4 Å².